The van der Waals surface area contributed by atoms with E-state index in [9.17, 15) is 4.79 Å². The Kier molecular flexibility index (Phi) is 4.68. The lowest BCUT2D eigenvalue weighted by Gasteiger charge is -2.38. The summed E-state index contributed by atoms with van der Waals surface area (Å²) in [5, 5.41) is 3.51. The van der Waals surface area contributed by atoms with Gasteiger partial charge in [-0.05, 0) is 33.6 Å². The molecule has 0 bridgehead atoms. The van der Waals surface area contributed by atoms with Crippen LogP contribution in [0.1, 0.15) is 40.0 Å². The Balaban J connectivity index is 1.85. The van der Waals surface area contributed by atoms with Crippen LogP contribution < -0.4 is 5.32 Å². The average molecular weight is 270 g/mol. The highest BCUT2D eigenvalue weighted by Gasteiger charge is 2.31. The predicted molar refractivity (Wildman–Crippen MR) is 73.2 cm³/mol. The van der Waals surface area contributed by atoms with E-state index >= 15 is 0 Å². The van der Waals surface area contributed by atoms with E-state index in [1.165, 1.54) is 19.3 Å². The van der Waals surface area contributed by atoms with Gasteiger partial charge in [-0.25, -0.2) is 4.79 Å². The normalized spacial score (nSPS) is 25.0. The topological polar surface area (TPSA) is 50.8 Å². The van der Waals surface area contributed by atoms with Crippen molar-refractivity contribution in [3.63, 3.8) is 0 Å². The monoisotopic (exact) mass is 270 g/mol. The van der Waals surface area contributed by atoms with Gasteiger partial charge in [-0.3, -0.25) is 4.90 Å². The number of rotatable bonds is 3. The highest BCUT2D eigenvalue weighted by Crippen LogP contribution is 2.19. The zero-order valence-electron chi connectivity index (χ0n) is 12.3. The predicted octanol–water partition coefficient (Wildman–Crippen LogP) is 1.76. The van der Waals surface area contributed by atoms with E-state index in [4.69, 9.17) is 9.47 Å². The van der Waals surface area contributed by atoms with Gasteiger partial charge in [0.05, 0.1) is 19.3 Å². The summed E-state index contributed by atoms with van der Waals surface area (Å²) in [7, 11) is 0. The molecule has 1 aliphatic carbocycles. The first kappa shape index (κ1) is 14.6. The summed E-state index contributed by atoms with van der Waals surface area (Å²) < 4.78 is 10.9. The van der Waals surface area contributed by atoms with Crippen molar-refractivity contribution in [3.8, 4) is 0 Å². The second-order valence-corrected chi connectivity index (χ2v) is 6.44. The second-order valence-electron chi connectivity index (χ2n) is 6.44. The van der Waals surface area contributed by atoms with Crippen LogP contribution in [0.5, 0.6) is 0 Å². The summed E-state index contributed by atoms with van der Waals surface area (Å²) >= 11 is 0. The minimum atomic E-state index is -0.443. The maximum Gasteiger partial charge on any atom is 0.410 e. The smallest absolute Gasteiger partial charge is 0.410 e. The van der Waals surface area contributed by atoms with Gasteiger partial charge in [-0.2, -0.15) is 0 Å². The molecule has 2 rings (SSSR count). The van der Waals surface area contributed by atoms with Crippen LogP contribution in [0.25, 0.3) is 0 Å². The Bertz CT molecular complexity index is 310. The molecule has 0 radical (unpaired) electrons. The summed E-state index contributed by atoms with van der Waals surface area (Å²) in [6.45, 7) is 8.29. The van der Waals surface area contributed by atoms with Gasteiger partial charge in [-0.15, -0.1) is 0 Å². The summed E-state index contributed by atoms with van der Waals surface area (Å²) in [4.78, 5) is 14.0. The molecule has 1 unspecified atom stereocenters. The van der Waals surface area contributed by atoms with E-state index in [1.807, 2.05) is 20.8 Å². The average Bonchev–Trinajstić information content (AvgIpc) is 2.25. The highest BCUT2D eigenvalue weighted by atomic mass is 16.6. The molecule has 1 saturated carbocycles. The molecular formula is C14H26N2O3. The van der Waals surface area contributed by atoms with Gasteiger partial charge in [0.25, 0.3) is 0 Å². The lowest BCUT2D eigenvalue weighted by molar-refractivity contribution is -0.0326. The molecule has 110 valence electrons. The first-order chi connectivity index (χ1) is 8.96. The SMILES string of the molecule is CC(C)(C)OC(=O)N1CCOCC1CNC1CCC1. The number of hydrogen-bond donors (Lipinski definition) is 1. The van der Waals surface area contributed by atoms with Gasteiger partial charge in [-0.1, -0.05) is 6.42 Å². The Labute approximate surface area is 115 Å². The van der Waals surface area contributed by atoms with Crippen molar-refractivity contribution in [2.75, 3.05) is 26.3 Å². The fourth-order valence-electron chi connectivity index (χ4n) is 2.30. The maximum absolute atomic E-state index is 12.2. The van der Waals surface area contributed by atoms with E-state index in [0.29, 0.717) is 25.8 Å². The molecule has 19 heavy (non-hydrogen) atoms. The van der Waals surface area contributed by atoms with Crippen molar-refractivity contribution >= 4 is 6.09 Å². The molecule has 2 aliphatic rings. The van der Waals surface area contributed by atoms with Crippen molar-refractivity contribution in [2.24, 2.45) is 0 Å². The Morgan fingerprint density at radius 2 is 2.16 bits per heavy atom. The van der Waals surface area contributed by atoms with Crippen LogP contribution in [0.2, 0.25) is 0 Å². The summed E-state index contributed by atoms with van der Waals surface area (Å²) in [5.41, 5.74) is -0.443. The quantitative estimate of drug-likeness (QED) is 0.849. The maximum atomic E-state index is 12.2. The minimum absolute atomic E-state index is 0.0872. The van der Waals surface area contributed by atoms with Crippen molar-refractivity contribution < 1.29 is 14.3 Å². The number of nitrogens with one attached hydrogen (secondary N) is 1. The number of nitrogens with zero attached hydrogens (tertiary/aromatic N) is 1. The number of hydrogen-bond acceptors (Lipinski definition) is 4. The highest BCUT2D eigenvalue weighted by molar-refractivity contribution is 5.68. The third-order valence-corrected chi connectivity index (χ3v) is 3.60. The first-order valence-electron chi connectivity index (χ1n) is 7.26. The van der Waals surface area contributed by atoms with Crippen molar-refractivity contribution in [1.82, 2.24) is 10.2 Å². The molecule has 0 aromatic heterocycles. The molecule has 5 nitrogen and oxygen atoms in total. The molecule has 1 heterocycles. The van der Waals surface area contributed by atoms with Crippen molar-refractivity contribution in [2.45, 2.75) is 57.7 Å². The molecular weight excluding hydrogens is 244 g/mol. The van der Waals surface area contributed by atoms with E-state index in [2.05, 4.69) is 5.32 Å². The van der Waals surface area contributed by atoms with Gasteiger partial charge in [0, 0.05) is 19.1 Å². The van der Waals surface area contributed by atoms with Crippen LogP contribution in [0.3, 0.4) is 0 Å². The molecule has 1 atom stereocenters. The van der Waals surface area contributed by atoms with Gasteiger partial charge >= 0.3 is 6.09 Å². The first-order valence-corrected chi connectivity index (χ1v) is 7.26. The summed E-state index contributed by atoms with van der Waals surface area (Å²) in [5.74, 6) is 0. The molecule has 1 N–H and O–H groups in total. The van der Waals surface area contributed by atoms with Crippen LogP contribution in [0.4, 0.5) is 4.79 Å². The summed E-state index contributed by atoms with van der Waals surface area (Å²) in [6.07, 6.45) is 3.59. The van der Waals surface area contributed by atoms with Gasteiger partial charge in [0.15, 0.2) is 0 Å². The van der Waals surface area contributed by atoms with Gasteiger partial charge in [0.2, 0.25) is 0 Å². The zero-order valence-corrected chi connectivity index (χ0v) is 12.3. The van der Waals surface area contributed by atoms with E-state index < -0.39 is 5.60 Å². The fourth-order valence-corrected chi connectivity index (χ4v) is 2.30. The van der Waals surface area contributed by atoms with Crippen molar-refractivity contribution in [3.05, 3.63) is 0 Å². The van der Waals surface area contributed by atoms with Crippen molar-refractivity contribution in [1.29, 1.82) is 0 Å². The van der Waals surface area contributed by atoms with Crippen LogP contribution in [-0.2, 0) is 9.47 Å². The lowest BCUT2D eigenvalue weighted by atomic mass is 9.93. The number of carbonyl (C=O) groups is 1. The van der Waals surface area contributed by atoms with Crippen LogP contribution in [0.15, 0.2) is 0 Å². The Morgan fingerprint density at radius 3 is 2.74 bits per heavy atom. The standard InChI is InChI=1S/C14H26N2O3/c1-14(2,3)19-13(17)16-7-8-18-10-12(16)9-15-11-5-4-6-11/h11-12,15H,4-10H2,1-3H3. The number of amides is 1. The number of ether oxygens (including phenoxy) is 2. The molecule has 0 aromatic carbocycles. The van der Waals surface area contributed by atoms with E-state index in [0.717, 1.165) is 6.54 Å². The Morgan fingerprint density at radius 1 is 1.42 bits per heavy atom. The Hall–Kier alpha value is -0.810. The van der Waals surface area contributed by atoms with Gasteiger partial charge < -0.3 is 14.8 Å². The van der Waals surface area contributed by atoms with Crippen LogP contribution >= 0.6 is 0 Å². The molecule has 5 heteroatoms. The second kappa shape index (κ2) is 6.09. The van der Waals surface area contributed by atoms with Crippen LogP contribution in [0, 0.1) is 0 Å². The largest absolute Gasteiger partial charge is 0.444 e. The lowest BCUT2D eigenvalue weighted by Crippen LogP contribution is -2.55. The third kappa shape index (κ3) is 4.35. The molecule has 2 fully saturated rings. The van der Waals surface area contributed by atoms with E-state index in [1.54, 1.807) is 4.90 Å². The molecule has 1 saturated heterocycles. The van der Waals surface area contributed by atoms with Crippen LogP contribution in [-0.4, -0.2) is 55.0 Å². The minimum Gasteiger partial charge on any atom is -0.444 e. The zero-order chi connectivity index (χ0) is 13.9. The fraction of sp³-hybridized carbons (Fsp3) is 0.929. The number of morpholine rings is 1. The molecule has 1 amide bonds. The molecule has 1 aliphatic heterocycles. The molecule has 0 aromatic rings. The summed E-state index contributed by atoms with van der Waals surface area (Å²) in [6, 6.07) is 0.714. The molecule has 0 spiro atoms. The third-order valence-electron chi connectivity index (χ3n) is 3.60. The van der Waals surface area contributed by atoms with Gasteiger partial charge in [0.1, 0.15) is 5.60 Å². The van der Waals surface area contributed by atoms with E-state index in [-0.39, 0.29) is 12.1 Å². The number of carbonyl (C=O) groups excluding carboxylic acids is 1.